The third-order valence-electron chi connectivity index (χ3n) is 3.19. The van der Waals surface area contributed by atoms with Gasteiger partial charge in [-0.05, 0) is 42.6 Å². The first-order valence-corrected chi connectivity index (χ1v) is 8.30. The molecule has 0 aliphatic carbocycles. The van der Waals surface area contributed by atoms with Gasteiger partial charge >= 0.3 is 0 Å². The summed E-state index contributed by atoms with van der Waals surface area (Å²) in [5.41, 5.74) is 0.875. The number of nitrogens with zero attached hydrogens (tertiary/aromatic N) is 1. The highest BCUT2D eigenvalue weighted by atomic mass is 35.5. The lowest BCUT2D eigenvalue weighted by Gasteiger charge is -2.25. The average Bonchev–Trinajstić information content (AvgIpc) is 3.01. The van der Waals surface area contributed by atoms with Crippen LogP contribution in [-0.2, 0) is 11.3 Å². The van der Waals surface area contributed by atoms with Crippen LogP contribution in [-0.4, -0.2) is 23.4 Å². The normalized spacial score (nSPS) is 11.7. The molecule has 1 N–H and O–H groups in total. The summed E-state index contributed by atoms with van der Waals surface area (Å²) in [6, 6.07) is 11.0. The third kappa shape index (κ3) is 4.61. The van der Waals surface area contributed by atoms with Crippen molar-refractivity contribution in [1.29, 1.82) is 0 Å². The standard InChI is InChI=1S/C17H19ClN2OS/c1-3-10-20(12-16-5-4-11-22-16)17(21)13(2)19-15-8-6-14(18)7-9-15/h3-9,11,13,19H,1,10,12H2,2H3. The zero-order chi connectivity index (χ0) is 15.9. The molecule has 0 spiro atoms. The van der Waals surface area contributed by atoms with Crippen LogP contribution in [0.1, 0.15) is 11.8 Å². The van der Waals surface area contributed by atoms with Crippen LogP contribution in [0.5, 0.6) is 0 Å². The summed E-state index contributed by atoms with van der Waals surface area (Å²) in [6.07, 6.45) is 1.75. The number of hydrogen-bond donors (Lipinski definition) is 1. The van der Waals surface area contributed by atoms with Gasteiger partial charge in [0, 0.05) is 22.1 Å². The van der Waals surface area contributed by atoms with Gasteiger partial charge in [0.25, 0.3) is 0 Å². The molecule has 22 heavy (non-hydrogen) atoms. The van der Waals surface area contributed by atoms with E-state index in [2.05, 4.69) is 11.9 Å². The van der Waals surface area contributed by atoms with Gasteiger partial charge in [0.2, 0.25) is 5.91 Å². The number of carbonyl (C=O) groups excluding carboxylic acids is 1. The molecule has 1 amide bonds. The van der Waals surface area contributed by atoms with E-state index < -0.39 is 0 Å². The zero-order valence-corrected chi connectivity index (χ0v) is 14.0. The average molecular weight is 335 g/mol. The molecule has 0 fully saturated rings. The lowest BCUT2D eigenvalue weighted by Crippen LogP contribution is -2.41. The largest absolute Gasteiger partial charge is 0.374 e. The predicted molar refractivity (Wildman–Crippen MR) is 94.5 cm³/mol. The maximum atomic E-state index is 12.6. The minimum Gasteiger partial charge on any atom is -0.374 e. The van der Waals surface area contributed by atoms with Gasteiger partial charge in [-0.15, -0.1) is 17.9 Å². The maximum absolute atomic E-state index is 12.6. The van der Waals surface area contributed by atoms with Gasteiger partial charge in [-0.2, -0.15) is 0 Å². The number of nitrogens with one attached hydrogen (secondary N) is 1. The van der Waals surface area contributed by atoms with Crippen molar-refractivity contribution in [3.8, 4) is 0 Å². The molecule has 0 radical (unpaired) electrons. The van der Waals surface area contributed by atoms with Gasteiger partial charge in [-0.3, -0.25) is 4.79 Å². The quantitative estimate of drug-likeness (QED) is 0.760. The summed E-state index contributed by atoms with van der Waals surface area (Å²) in [6.45, 7) is 6.74. The highest BCUT2D eigenvalue weighted by Crippen LogP contribution is 2.16. The van der Waals surface area contributed by atoms with Crippen LogP contribution in [0.3, 0.4) is 0 Å². The van der Waals surface area contributed by atoms with Crippen molar-refractivity contribution in [3.63, 3.8) is 0 Å². The topological polar surface area (TPSA) is 32.3 Å². The van der Waals surface area contributed by atoms with Gasteiger partial charge in [-0.1, -0.05) is 23.7 Å². The SMILES string of the molecule is C=CCN(Cc1cccs1)C(=O)C(C)Nc1ccc(Cl)cc1. The van der Waals surface area contributed by atoms with Crippen LogP contribution in [0.4, 0.5) is 5.69 Å². The second-order valence-electron chi connectivity index (χ2n) is 4.96. The number of amides is 1. The van der Waals surface area contributed by atoms with Gasteiger partial charge in [0.1, 0.15) is 6.04 Å². The number of benzene rings is 1. The first-order chi connectivity index (χ1) is 10.6. The molecule has 1 aromatic carbocycles. The van der Waals surface area contributed by atoms with Crippen molar-refractivity contribution in [2.24, 2.45) is 0 Å². The minimum absolute atomic E-state index is 0.0447. The highest BCUT2D eigenvalue weighted by Gasteiger charge is 2.20. The fourth-order valence-corrected chi connectivity index (χ4v) is 2.96. The first-order valence-electron chi connectivity index (χ1n) is 7.04. The van der Waals surface area contributed by atoms with E-state index >= 15 is 0 Å². The van der Waals surface area contributed by atoms with Crippen LogP contribution in [0.15, 0.2) is 54.4 Å². The highest BCUT2D eigenvalue weighted by molar-refractivity contribution is 7.09. The Morgan fingerprint density at radius 1 is 1.41 bits per heavy atom. The van der Waals surface area contributed by atoms with Gasteiger partial charge in [0.05, 0.1) is 6.54 Å². The molecule has 5 heteroatoms. The Hall–Kier alpha value is -1.78. The second kappa shape index (κ2) is 8.01. The molecular formula is C17H19ClN2OS. The number of anilines is 1. The predicted octanol–water partition coefficient (Wildman–Crippen LogP) is 4.42. The van der Waals surface area contributed by atoms with Crippen molar-refractivity contribution >= 4 is 34.5 Å². The lowest BCUT2D eigenvalue weighted by molar-refractivity contribution is -0.131. The van der Waals surface area contributed by atoms with Crippen molar-refractivity contribution in [2.75, 3.05) is 11.9 Å². The van der Waals surface area contributed by atoms with E-state index in [1.807, 2.05) is 36.6 Å². The molecular weight excluding hydrogens is 316 g/mol. The molecule has 1 aromatic heterocycles. The van der Waals surface area contributed by atoms with Crippen LogP contribution in [0.2, 0.25) is 5.02 Å². The molecule has 0 bridgehead atoms. The Bertz CT molecular complexity index is 610. The van der Waals surface area contributed by atoms with Crippen LogP contribution in [0, 0.1) is 0 Å². The fourth-order valence-electron chi connectivity index (χ4n) is 2.11. The molecule has 0 saturated heterocycles. The van der Waals surface area contributed by atoms with Gasteiger partial charge in [0.15, 0.2) is 0 Å². The molecule has 3 nitrogen and oxygen atoms in total. The lowest BCUT2D eigenvalue weighted by atomic mass is 10.2. The smallest absolute Gasteiger partial charge is 0.245 e. The number of hydrogen-bond acceptors (Lipinski definition) is 3. The molecule has 1 atom stereocenters. The van der Waals surface area contributed by atoms with E-state index in [9.17, 15) is 4.79 Å². The Labute approximate surface area is 140 Å². The number of rotatable bonds is 7. The number of carbonyl (C=O) groups is 1. The summed E-state index contributed by atoms with van der Waals surface area (Å²) < 4.78 is 0. The zero-order valence-electron chi connectivity index (χ0n) is 12.5. The van der Waals surface area contributed by atoms with Crippen LogP contribution < -0.4 is 5.32 Å². The molecule has 1 unspecified atom stereocenters. The van der Waals surface area contributed by atoms with Crippen LogP contribution in [0.25, 0.3) is 0 Å². The minimum atomic E-state index is -0.318. The second-order valence-corrected chi connectivity index (χ2v) is 6.43. The van der Waals surface area contributed by atoms with Crippen LogP contribution >= 0.6 is 22.9 Å². The van der Waals surface area contributed by atoms with Crippen molar-refractivity contribution in [1.82, 2.24) is 4.90 Å². The Morgan fingerprint density at radius 2 is 2.14 bits per heavy atom. The van der Waals surface area contributed by atoms with Gasteiger partial charge < -0.3 is 10.2 Å². The number of halogens is 1. The Morgan fingerprint density at radius 3 is 2.73 bits per heavy atom. The van der Waals surface area contributed by atoms with E-state index in [0.717, 1.165) is 10.6 Å². The molecule has 0 saturated carbocycles. The molecule has 0 aliphatic heterocycles. The first kappa shape index (κ1) is 16.6. The van der Waals surface area contributed by atoms with E-state index in [1.165, 1.54) is 0 Å². The summed E-state index contributed by atoms with van der Waals surface area (Å²) in [4.78, 5) is 15.6. The molecule has 116 valence electrons. The monoisotopic (exact) mass is 334 g/mol. The van der Waals surface area contributed by atoms with Crippen molar-refractivity contribution in [3.05, 3.63) is 64.3 Å². The van der Waals surface area contributed by atoms with Crippen molar-refractivity contribution in [2.45, 2.75) is 19.5 Å². The van der Waals surface area contributed by atoms with E-state index in [4.69, 9.17) is 11.6 Å². The Kier molecular flexibility index (Phi) is 6.04. The Balaban J connectivity index is 2.01. The molecule has 1 heterocycles. The third-order valence-corrected chi connectivity index (χ3v) is 4.30. The van der Waals surface area contributed by atoms with Gasteiger partial charge in [-0.25, -0.2) is 0 Å². The molecule has 2 aromatic rings. The summed E-state index contributed by atoms with van der Waals surface area (Å²) >= 11 is 7.52. The molecule has 2 rings (SSSR count). The number of thiophene rings is 1. The van der Waals surface area contributed by atoms with E-state index in [-0.39, 0.29) is 11.9 Å². The maximum Gasteiger partial charge on any atom is 0.245 e. The van der Waals surface area contributed by atoms with E-state index in [1.54, 1.807) is 34.4 Å². The summed E-state index contributed by atoms with van der Waals surface area (Å²) in [7, 11) is 0. The summed E-state index contributed by atoms with van der Waals surface area (Å²) in [5.74, 6) is 0.0447. The fraction of sp³-hybridized carbons (Fsp3) is 0.235. The summed E-state index contributed by atoms with van der Waals surface area (Å²) in [5, 5.41) is 5.90. The van der Waals surface area contributed by atoms with Crippen molar-refractivity contribution < 1.29 is 4.79 Å². The molecule has 0 aliphatic rings. The van der Waals surface area contributed by atoms with E-state index in [0.29, 0.717) is 18.1 Å².